The zero-order chi connectivity index (χ0) is 15.5. The fraction of sp³-hybridized carbons (Fsp3) is 0.611. The lowest BCUT2D eigenvalue weighted by molar-refractivity contribution is 0.0501. The van der Waals surface area contributed by atoms with Gasteiger partial charge in [-0.05, 0) is 55.9 Å². The second-order valence-corrected chi connectivity index (χ2v) is 6.75. The molecule has 0 unspecified atom stereocenters. The summed E-state index contributed by atoms with van der Waals surface area (Å²) < 4.78 is 12.9. The fourth-order valence-electron chi connectivity index (χ4n) is 3.67. The van der Waals surface area contributed by atoms with Gasteiger partial charge in [-0.25, -0.2) is 4.39 Å². The van der Waals surface area contributed by atoms with Crippen molar-refractivity contribution in [3.63, 3.8) is 0 Å². The molecular formula is C18H25FN2O. The summed E-state index contributed by atoms with van der Waals surface area (Å²) >= 11 is 0. The van der Waals surface area contributed by atoms with E-state index in [9.17, 15) is 9.18 Å². The van der Waals surface area contributed by atoms with Crippen LogP contribution in [0.15, 0.2) is 24.3 Å². The number of halogens is 1. The SMILES string of the molecule is CC1CCC(N2CCN(C(=O)c3ccc(F)cc3)CC2)CC1. The van der Waals surface area contributed by atoms with E-state index in [0.29, 0.717) is 11.6 Å². The van der Waals surface area contributed by atoms with Gasteiger partial charge in [-0.1, -0.05) is 6.92 Å². The van der Waals surface area contributed by atoms with Gasteiger partial charge in [0.15, 0.2) is 0 Å². The lowest BCUT2D eigenvalue weighted by Gasteiger charge is -2.41. The molecule has 2 aliphatic rings. The van der Waals surface area contributed by atoms with Crippen LogP contribution in [-0.2, 0) is 0 Å². The molecule has 0 bridgehead atoms. The molecule has 0 radical (unpaired) electrons. The largest absolute Gasteiger partial charge is 0.336 e. The van der Waals surface area contributed by atoms with Gasteiger partial charge in [0.2, 0.25) is 0 Å². The summed E-state index contributed by atoms with van der Waals surface area (Å²) in [5.41, 5.74) is 0.585. The molecule has 1 aromatic rings. The summed E-state index contributed by atoms with van der Waals surface area (Å²) in [6.07, 6.45) is 5.26. The van der Waals surface area contributed by atoms with Crippen molar-refractivity contribution in [3.8, 4) is 0 Å². The summed E-state index contributed by atoms with van der Waals surface area (Å²) in [6.45, 7) is 5.83. The molecule has 1 saturated carbocycles. The lowest BCUT2D eigenvalue weighted by Crippen LogP contribution is -2.52. The first kappa shape index (κ1) is 15.5. The number of amides is 1. The quantitative estimate of drug-likeness (QED) is 0.838. The van der Waals surface area contributed by atoms with Gasteiger partial charge in [0.05, 0.1) is 0 Å². The molecule has 1 aromatic carbocycles. The van der Waals surface area contributed by atoms with E-state index in [1.807, 2.05) is 4.90 Å². The minimum atomic E-state index is -0.298. The van der Waals surface area contributed by atoms with Crippen LogP contribution in [0.5, 0.6) is 0 Å². The second-order valence-electron chi connectivity index (χ2n) is 6.75. The predicted octanol–water partition coefficient (Wildman–Crippen LogP) is 3.16. The summed E-state index contributed by atoms with van der Waals surface area (Å²) in [7, 11) is 0. The number of hydrogen-bond acceptors (Lipinski definition) is 2. The summed E-state index contributed by atoms with van der Waals surface area (Å²) in [6, 6.07) is 6.57. The Morgan fingerprint density at radius 1 is 1.00 bits per heavy atom. The molecule has 120 valence electrons. The predicted molar refractivity (Wildman–Crippen MR) is 85.3 cm³/mol. The van der Waals surface area contributed by atoms with Crippen molar-refractivity contribution in [3.05, 3.63) is 35.6 Å². The summed E-state index contributed by atoms with van der Waals surface area (Å²) in [5, 5.41) is 0. The average Bonchev–Trinajstić information content (AvgIpc) is 2.56. The fourth-order valence-corrected chi connectivity index (χ4v) is 3.67. The molecule has 0 atom stereocenters. The van der Waals surface area contributed by atoms with Crippen LogP contribution in [0.3, 0.4) is 0 Å². The van der Waals surface area contributed by atoms with Gasteiger partial charge in [-0.15, -0.1) is 0 Å². The number of benzene rings is 1. The minimum Gasteiger partial charge on any atom is -0.336 e. The topological polar surface area (TPSA) is 23.6 Å². The molecule has 1 amide bonds. The number of piperazine rings is 1. The van der Waals surface area contributed by atoms with Crippen molar-refractivity contribution in [2.24, 2.45) is 5.92 Å². The van der Waals surface area contributed by atoms with Crippen LogP contribution in [0, 0.1) is 11.7 Å². The first-order valence-corrected chi connectivity index (χ1v) is 8.42. The van der Waals surface area contributed by atoms with Crippen molar-refractivity contribution < 1.29 is 9.18 Å². The van der Waals surface area contributed by atoms with E-state index in [2.05, 4.69) is 11.8 Å². The monoisotopic (exact) mass is 304 g/mol. The number of carbonyl (C=O) groups is 1. The molecular weight excluding hydrogens is 279 g/mol. The smallest absolute Gasteiger partial charge is 0.253 e. The van der Waals surface area contributed by atoms with Gasteiger partial charge in [0, 0.05) is 37.8 Å². The van der Waals surface area contributed by atoms with E-state index in [4.69, 9.17) is 0 Å². The van der Waals surface area contributed by atoms with E-state index < -0.39 is 0 Å². The minimum absolute atomic E-state index is 0.0249. The number of rotatable bonds is 2. The molecule has 0 aromatic heterocycles. The summed E-state index contributed by atoms with van der Waals surface area (Å²) in [4.78, 5) is 16.9. The van der Waals surface area contributed by atoms with Gasteiger partial charge in [-0.2, -0.15) is 0 Å². The van der Waals surface area contributed by atoms with Crippen molar-refractivity contribution in [2.45, 2.75) is 38.6 Å². The normalized spacial score (nSPS) is 26.9. The molecule has 3 nitrogen and oxygen atoms in total. The average molecular weight is 304 g/mol. The Morgan fingerprint density at radius 3 is 2.18 bits per heavy atom. The Labute approximate surface area is 132 Å². The van der Waals surface area contributed by atoms with Crippen LogP contribution >= 0.6 is 0 Å². The van der Waals surface area contributed by atoms with Crippen LogP contribution in [-0.4, -0.2) is 47.9 Å². The Morgan fingerprint density at radius 2 is 1.59 bits per heavy atom. The number of hydrogen-bond donors (Lipinski definition) is 0. The van der Waals surface area contributed by atoms with Crippen LogP contribution < -0.4 is 0 Å². The Bertz CT molecular complexity index is 500. The zero-order valence-corrected chi connectivity index (χ0v) is 13.3. The van der Waals surface area contributed by atoms with Gasteiger partial charge in [0.1, 0.15) is 5.82 Å². The number of nitrogens with zero attached hydrogens (tertiary/aromatic N) is 2. The third-order valence-corrected chi connectivity index (χ3v) is 5.19. The van der Waals surface area contributed by atoms with E-state index in [1.165, 1.54) is 37.8 Å². The van der Waals surface area contributed by atoms with Crippen LogP contribution in [0.1, 0.15) is 43.0 Å². The molecule has 0 spiro atoms. The Balaban J connectivity index is 1.53. The van der Waals surface area contributed by atoms with Gasteiger partial charge in [0.25, 0.3) is 5.91 Å². The molecule has 22 heavy (non-hydrogen) atoms. The Hall–Kier alpha value is -1.42. The third-order valence-electron chi connectivity index (χ3n) is 5.19. The van der Waals surface area contributed by atoms with Gasteiger partial charge >= 0.3 is 0 Å². The first-order valence-electron chi connectivity index (χ1n) is 8.42. The standard InChI is InChI=1S/C18H25FN2O/c1-14-2-8-17(9-3-14)20-10-12-21(13-11-20)18(22)15-4-6-16(19)7-5-15/h4-7,14,17H,2-3,8-13H2,1H3. The summed E-state index contributed by atoms with van der Waals surface area (Å²) in [5.74, 6) is 0.599. The van der Waals surface area contributed by atoms with E-state index in [1.54, 1.807) is 12.1 Å². The maximum Gasteiger partial charge on any atom is 0.253 e. The second kappa shape index (κ2) is 6.78. The van der Waals surface area contributed by atoms with Gasteiger partial charge in [-0.3, -0.25) is 9.69 Å². The van der Waals surface area contributed by atoms with E-state index in [0.717, 1.165) is 32.1 Å². The molecule has 3 rings (SSSR count). The molecule has 2 fully saturated rings. The molecule has 1 aliphatic carbocycles. The van der Waals surface area contributed by atoms with Crippen LogP contribution in [0.2, 0.25) is 0 Å². The molecule has 1 heterocycles. The highest BCUT2D eigenvalue weighted by Gasteiger charge is 2.28. The maximum absolute atomic E-state index is 12.9. The van der Waals surface area contributed by atoms with Crippen molar-refractivity contribution in [2.75, 3.05) is 26.2 Å². The van der Waals surface area contributed by atoms with Crippen molar-refractivity contribution in [1.29, 1.82) is 0 Å². The Kier molecular flexibility index (Phi) is 4.77. The van der Waals surface area contributed by atoms with E-state index >= 15 is 0 Å². The highest BCUT2D eigenvalue weighted by Crippen LogP contribution is 2.27. The maximum atomic E-state index is 12.9. The van der Waals surface area contributed by atoms with Crippen LogP contribution in [0.4, 0.5) is 4.39 Å². The molecule has 0 N–H and O–H groups in total. The highest BCUT2D eigenvalue weighted by molar-refractivity contribution is 5.94. The van der Waals surface area contributed by atoms with Crippen LogP contribution in [0.25, 0.3) is 0 Å². The van der Waals surface area contributed by atoms with Crippen molar-refractivity contribution in [1.82, 2.24) is 9.80 Å². The number of carbonyl (C=O) groups excluding carboxylic acids is 1. The third kappa shape index (κ3) is 3.49. The van der Waals surface area contributed by atoms with Gasteiger partial charge < -0.3 is 4.90 Å². The molecule has 1 aliphatic heterocycles. The van der Waals surface area contributed by atoms with E-state index in [-0.39, 0.29) is 11.7 Å². The van der Waals surface area contributed by atoms with Crippen molar-refractivity contribution >= 4 is 5.91 Å². The lowest BCUT2D eigenvalue weighted by atomic mass is 9.86. The molecule has 4 heteroatoms. The highest BCUT2D eigenvalue weighted by atomic mass is 19.1. The molecule has 1 saturated heterocycles. The zero-order valence-electron chi connectivity index (χ0n) is 13.3. The first-order chi connectivity index (χ1) is 10.6.